The fourth-order valence-corrected chi connectivity index (χ4v) is 4.45. The van der Waals surface area contributed by atoms with Crippen molar-refractivity contribution in [3.05, 3.63) is 73.7 Å². The summed E-state index contributed by atoms with van der Waals surface area (Å²) in [5, 5.41) is 3.63. The molecule has 1 saturated heterocycles. The fraction of sp³-hybridized carbons (Fsp3) is 0.381. The molecule has 2 aromatic rings. The molecule has 2 atom stereocenters. The van der Waals surface area contributed by atoms with Crippen LogP contribution in [0.3, 0.4) is 0 Å². The van der Waals surface area contributed by atoms with Crippen LogP contribution in [-0.4, -0.2) is 30.6 Å². The van der Waals surface area contributed by atoms with E-state index in [1.165, 1.54) is 7.11 Å². The van der Waals surface area contributed by atoms with Gasteiger partial charge in [0, 0.05) is 26.8 Å². The van der Waals surface area contributed by atoms with Crippen molar-refractivity contribution < 1.29 is 9.53 Å². The first kappa shape index (κ1) is 20.6. The van der Waals surface area contributed by atoms with Crippen LogP contribution in [0.15, 0.2) is 53.6 Å². The summed E-state index contributed by atoms with van der Waals surface area (Å²) in [6.45, 7) is 1.69. The van der Waals surface area contributed by atoms with Crippen molar-refractivity contribution in [1.82, 2.24) is 4.90 Å². The number of halogens is 1. The van der Waals surface area contributed by atoms with Crippen LogP contribution in [0, 0.1) is 3.57 Å². The number of benzene rings is 2. The van der Waals surface area contributed by atoms with Crippen molar-refractivity contribution in [2.24, 2.45) is 5.11 Å². The van der Waals surface area contributed by atoms with Crippen LogP contribution in [0.4, 0.5) is 5.69 Å². The number of rotatable bonds is 6. The summed E-state index contributed by atoms with van der Waals surface area (Å²) in [6.07, 6.45) is 3.18. The quantitative estimate of drug-likeness (QED) is 0.175. The Hall–Kier alpha value is -2.09. The summed E-state index contributed by atoms with van der Waals surface area (Å²) in [5.74, 6) is -0.486. The van der Waals surface area contributed by atoms with Crippen LogP contribution < -0.4 is 0 Å². The Balaban J connectivity index is 1.87. The van der Waals surface area contributed by atoms with E-state index in [0.717, 1.165) is 47.0 Å². The minimum absolute atomic E-state index is 0.0937. The Morgan fingerprint density at radius 2 is 2.11 bits per heavy atom. The van der Waals surface area contributed by atoms with E-state index in [4.69, 9.17) is 10.3 Å². The molecule has 0 aliphatic carbocycles. The molecular weight excluding hydrogens is 467 g/mol. The first-order valence-electron chi connectivity index (χ1n) is 9.33. The molecule has 1 aliphatic rings. The Morgan fingerprint density at radius 1 is 1.32 bits per heavy atom. The van der Waals surface area contributed by atoms with Crippen LogP contribution in [-0.2, 0) is 16.1 Å². The lowest BCUT2D eigenvalue weighted by molar-refractivity contribution is -0.144. The highest BCUT2D eigenvalue weighted by Crippen LogP contribution is 2.33. The molecule has 0 unspecified atom stereocenters. The molecule has 0 spiro atoms. The zero-order valence-corrected chi connectivity index (χ0v) is 17.9. The first-order valence-corrected chi connectivity index (χ1v) is 10.4. The Morgan fingerprint density at radius 3 is 2.79 bits per heavy atom. The zero-order chi connectivity index (χ0) is 19.9. The molecule has 6 nitrogen and oxygen atoms in total. The number of esters is 1. The molecule has 3 rings (SSSR count). The Kier molecular flexibility index (Phi) is 7.30. The van der Waals surface area contributed by atoms with Crippen LogP contribution in [0.2, 0.25) is 0 Å². The minimum atomic E-state index is -0.303. The van der Waals surface area contributed by atoms with Gasteiger partial charge in [0.25, 0.3) is 0 Å². The lowest BCUT2D eigenvalue weighted by atomic mass is 9.85. The third-order valence-electron chi connectivity index (χ3n) is 5.19. The minimum Gasteiger partial charge on any atom is -0.469 e. The highest BCUT2D eigenvalue weighted by molar-refractivity contribution is 14.1. The first-order chi connectivity index (χ1) is 13.6. The topological polar surface area (TPSA) is 78.3 Å². The highest BCUT2D eigenvalue weighted by Gasteiger charge is 2.36. The van der Waals surface area contributed by atoms with Crippen molar-refractivity contribution in [1.29, 1.82) is 0 Å². The van der Waals surface area contributed by atoms with Crippen LogP contribution in [0.1, 0.15) is 36.3 Å². The molecule has 1 fully saturated rings. The Bertz CT molecular complexity index is 865. The van der Waals surface area contributed by atoms with Crippen LogP contribution >= 0.6 is 22.6 Å². The molecule has 0 bridgehead atoms. The summed E-state index contributed by atoms with van der Waals surface area (Å²) < 4.78 is 6.30. The molecule has 1 aliphatic heterocycles. The summed E-state index contributed by atoms with van der Waals surface area (Å²) in [4.78, 5) is 17.9. The van der Waals surface area contributed by atoms with E-state index in [0.29, 0.717) is 5.69 Å². The zero-order valence-electron chi connectivity index (χ0n) is 15.8. The average Bonchev–Trinajstić information content (AvgIpc) is 2.71. The number of nitrogens with zero attached hydrogens (tertiary/aromatic N) is 4. The fourth-order valence-electron chi connectivity index (χ4n) is 3.89. The standard InChI is InChI=1S/C21H23IN4O2/c1-28-21(27)20(16-5-4-6-17(22)13-16)19-7-2-3-12-26(19)14-15-8-10-18(11-9-15)24-25-23/h4-6,8-11,13,19-20H,2-3,7,12,14H2,1H3/t19-,20-/m1/s1. The van der Waals surface area contributed by atoms with E-state index < -0.39 is 0 Å². The summed E-state index contributed by atoms with van der Waals surface area (Å²) >= 11 is 2.28. The number of hydrogen-bond acceptors (Lipinski definition) is 4. The van der Waals surface area contributed by atoms with E-state index in [2.05, 4.69) is 43.6 Å². The number of likely N-dealkylation sites (tertiary alicyclic amines) is 1. The molecule has 146 valence electrons. The molecule has 1 heterocycles. The number of piperidine rings is 1. The number of methoxy groups -OCH3 is 1. The molecule has 28 heavy (non-hydrogen) atoms. The van der Waals surface area contributed by atoms with Gasteiger partial charge in [0.15, 0.2) is 0 Å². The second-order valence-corrected chi connectivity index (χ2v) is 8.19. The molecule has 0 aromatic heterocycles. The molecule has 0 N–H and O–H groups in total. The number of azide groups is 1. The predicted molar refractivity (Wildman–Crippen MR) is 117 cm³/mol. The number of carbonyl (C=O) groups excluding carboxylic acids is 1. The number of hydrogen-bond donors (Lipinski definition) is 0. The van der Waals surface area contributed by atoms with E-state index in [9.17, 15) is 4.79 Å². The van der Waals surface area contributed by atoms with Gasteiger partial charge in [-0.25, -0.2) is 0 Å². The highest BCUT2D eigenvalue weighted by atomic mass is 127. The van der Waals surface area contributed by atoms with Gasteiger partial charge in [-0.2, -0.15) is 0 Å². The van der Waals surface area contributed by atoms with Crippen molar-refractivity contribution in [3.63, 3.8) is 0 Å². The lowest BCUT2D eigenvalue weighted by Gasteiger charge is -2.39. The van der Waals surface area contributed by atoms with Crippen molar-refractivity contribution in [2.45, 2.75) is 37.8 Å². The molecule has 0 radical (unpaired) electrons. The van der Waals surface area contributed by atoms with Crippen LogP contribution in [0.25, 0.3) is 10.4 Å². The van der Waals surface area contributed by atoms with E-state index in [1.54, 1.807) is 0 Å². The van der Waals surface area contributed by atoms with E-state index in [-0.39, 0.29) is 17.9 Å². The summed E-state index contributed by atoms with van der Waals surface area (Å²) in [5.41, 5.74) is 11.3. The van der Waals surface area contributed by atoms with Gasteiger partial charge in [-0.1, -0.05) is 47.9 Å². The maximum atomic E-state index is 12.7. The number of carbonyl (C=O) groups is 1. The number of ether oxygens (including phenoxy) is 1. The van der Waals surface area contributed by atoms with Gasteiger partial charge in [0.2, 0.25) is 0 Å². The predicted octanol–water partition coefficient (Wildman–Crippen LogP) is 5.54. The summed E-state index contributed by atoms with van der Waals surface area (Å²) in [7, 11) is 1.46. The van der Waals surface area contributed by atoms with E-state index >= 15 is 0 Å². The average molecular weight is 490 g/mol. The second kappa shape index (κ2) is 9.91. The molecule has 2 aromatic carbocycles. The van der Waals surface area contributed by atoms with Gasteiger partial charge >= 0.3 is 5.97 Å². The summed E-state index contributed by atoms with van der Waals surface area (Å²) in [6, 6.07) is 15.8. The molecular formula is C21H23IN4O2. The smallest absolute Gasteiger partial charge is 0.314 e. The molecule has 7 heteroatoms. The van der Waals surface area contributed by atoms with Crippen molar-refractivity contribution >= 4 is 34.2 Å². The molecule has 0 saturated carbocycles. The van der Waals surface area contributed by atoms with Gasteiger partial charge in [0.1, 0.15) is 0 Å². The van der Waals surface area contributed by atoms with Crippen LogP contribution in [0.5, 0.6) is 0 Å². The SMILES string of the molecule is COC(=O)[C@H](c1cccc(I)c1)[C@H]1CCCCN1Cc1ccc(N=[N+]=[N-])cc1. The maximum Gasteiger partial charge on any atom is 0.314 e. The second-order valence-electron chi connectivity index (χ2n) is 6.95. The third kappa shape index (κ3) is 5.04. The van der Waals surface area contributed by atoms with Crippen molar-refractivity contribution in [3.8, 4) is 0 Å². The Labute approximate surface area is 178 Å². The third-order valence-corrected chi connectivity index (χ3v) is 5.87. The van der Waals surface area contributed by atoms with E-state index in [1.807, 2.05) is 42.5 Å². The van der Waals surface area contributed by atoms with Gasteiger partial charge in [-0.15, -0.1) is 0 Å². The van der Waals surface area contributed by atoms with Gasteiger partial charge < -0.3 is 4.74 Å². The maximum absolute atomic E-state index is 12.7. The van der Waals surface area contributed by atoms with Gasteiger partial charge in [0.05, 0.1) is 13.0 Å². The normalized spacial score (nSPS) is 18.1. The largest absolute Gasteiger partial charge is 0.469 e. The molecule has 0 amide bonds. The van der Waals surface area contributed by atoms with Crippen molar-refractivity contribution in [2.75, 3.05) is 13.7 Å². The lowest BCUT2D eigenvalue weighted by Crippen LogP contribution is -2.45. The monoisotopic (exact) mass is 490 g/mol. The van der Waals surface area contributed by atoms with Gasteiger partial charge in [-0.05, 0) is 70.8 Å². The van der Waals surface area contributed by atoms with Gasteiger partial charge in [-0.3, -0.25) is 9.69 Å².